The van der Waals surface area contributed by atoms with E-state index >= 15 is 0 Å². The SMILES string of the molecule is CCNC(=NCc1ccccc1[N+](=O)[O-])NCCc1nc(C(F)(F)F)cs1.I. The first kappa shape index (κ1) is 24.1. The summed E-state index contributed by atoms with van der Waals surface area (Å²) < 4.78 is 37.7. The Morgan fingerprint density at radius 2 is 2.04 bits per heavy atom. The molecule has 0 saturated heterocycles. The van der Waals surface area contributed by atoms with E-state index in [2.05, 4.69) is 20.6 Å². The Morgan fingerprint density at radius 3 is 2.64 bits per heavy atom. The van der Waals surface area contributed by atoms with Crippen molar-refractivity contribution in [2.75, 3.05) is 13.1 Å². The largest absolute Gasteiger partial charge is 0.434 e. The number of rotatable bonds is 7. The zero-order valence-corrected chi connectivity index (χ0v) is 18.0. The van der Waals surface area contributed by atoms with Crippen LogP contribution in [-0.2, 0) is 19.1 Å². The molecule has 12 heteroatoms. The van der Waals surface area contributed by atoms with Crippen molar-refractivity contribution in [3.8, 4) is 0 Å². The minimum absolute atomic E-state index is 0. The van der Waals surface area contributed by atoms with Crippen molar-refractivity contribution >= 4 is 47.0 Å². The number of guanidine groups is 1. The predicted octanol–water partition coefficient (Wildman–Crippen LogP) is 3.99. The van der Waals surface area contributed by atoms with E-state index in [-0.39, 0.29) is 36.2 Å². The number of aromatic nitrogens is 1. The number of hydrogen-bond donors (Lipinski definition) is 2. The minimum atomic E-state index is -4.44. The van der Waals surface area contributed by atoms with E-state index in [0.29, 0.717) is 36.0 Å². The van der Waals surface area contributed by atoms with Gasteiger partial charge in [0, 0.05) is 31.0 Å². The number of aliphatic imine (C=N–C) groups is 1. The van der Waals surface area contributed by atoms with Crippen molar-refractivity contribution in [1.29, 1.82) is 0 Å². The number of alkyl halides is 3. The Bertz CT molecular complexity index is 814. The summed E-state index contributed by atoms with van der Waals surface area (Å²) in [6.45, 7) is 2.85. The lowest BCUT2D eigenvalue weighted by Crippen LogP contribution is -2.38. The van der Waals surface area contributed by atoms with E-state index in [0.717, 1.165) is 16.7 Å². The van der Waals surface area contributed by atoms with Gasteiger partial charge in [-0.2, -0.15) is 13.2 Å². The van der Waals surface area contributed by atoms with Gasteiger partial charge in [0.25, 0.3) is 5.69 Å². The van der Waals surface area contributed by atoms with Crippen LogP contribution in [0.25, 0.3) is 0 Å². The maximum absolute atomic E-state index is 12.6. The molecule has 0 aliphatic rings. The number of benzene rings is 1. The van der Waals surface area contributed by atoms with E-state index in [1.165, 1.54) is 6.07 Å². The Balaban J connectivity index is 0.00000392. The Labute approximate surface area is 180 Å². The average Bonchev–Trinajstić information content (AvgIpc) is 3.09. The highest BCUT2D eigenvalue weighted by Crippen LogP contribution is 2.30. The number of halogens is 4. The highest BCUT2D eigenvalue weighted by molar-refractivity contribution is 14.0. The highest BCUT2D eigenvalue weighted by Gasteiger charge is 2.33. The van der Waals surface area contributed by atoms with Crippen LogP contribution < -0.4 is 10.6 Å². The average molecular weight is 529 g/mol. The normalized spacial score (nSPS) is 11.6. The van der Waals surface area contributed by atoms with Crippen molar-refractivity contribution in [3.63, 3.8) is 0 Å². The van der Waals surface area contributed by atoms with Crippen LogP contribution in [0.15, 0.2) is 34.6 Å². The predicted molar refractivity (Wildman–Crippen MR) is 112 cm³/mol. The Hall–Kier alpha value is -1.96. The summed E-state index contributed by atoms with van der Waals surface area (Å²) in [6, 6.07) is 6.31. The topological polar surface area (TPSA) is 92.5 Å². The third-order valence-corrected chi connectivity index (χ3v) is 4.32. The Morgan fingerprint density at radius 1 is 1.32 bits per heavy atom. The van der Waals surface area contributed by atoms with Gasteiger partial charge in [0.05, 0.1) is 22.0 Å². The molecule has 1 aromatic heterocycles. The van der Waals surface area contributed by atoms with Gasteiger partial charge in [-0.1, -0.05) is 18.2 Å². The summed E-state index contributed by atoms with van der Waals surface area (Å²) in [4.78, 5) is 18.4. The first-order valence-corrected chi connectivity index (χ1v) is 8.95. The molecule has 2 N–H and O–H groups in total. The van der Waals surface area contributed by atoms with Gasteiger partial charge in [0.15, 0.2) is 11.7 Å². The number of nitro benzene ring substituents is 1. The summed E-state index contributed by atoms with van der Waals surface area (Å²) in [5.41, 5.74) is -0.437. The number of hydrogen-bond acceptors (Lipinski definition) is 5. The number of nitrogens with zero attached hydrogens (tertiary/aromatic N) is 3. The number of nitro groups is 1. The molecule has 1 heterocycles. The van der Waals surface area contributed by atoms with Crippen LogP contribution in [-0.4, -0.2) is 29.0 Å². The summed E-state index contributed by atoms with van der Waals surface area (Å²) in [7, 11) is 0. The molecule has 154 valence electrons. The first-order valence-electron chi connectivity index (χ1n) is 8.07. The second-order valence-corrected chi connectivity index (χ2v) is 6.32. The third kappa shape index (κ3) is 7.22. The van der Waals surface area contributed by atoms with Crippen molar-refractivity contribution in [2.45, 2.75) is 26.1 Å². The zero-order valence-electron chi connectivity index (χ0n) is 14.8. The van der Waals surface area contributed by atoms with Gasteiger partial charge in [-0.05, 0) is 6.92 Å². The molecular weight excluding hydrogens is 510 g/mol. The smallest absolute Gasteiger partial charge is 0.357 e. The second kappa shape index (κ2) is 11.1. The lowest BCUT2D eigenvalue weighted by molar-refractivity contribution is -0.385. The summed E-state index contributed by atoms with van der Waals surface area (Å²) in [6.07, 6.45) is -4.14. The lowest BCUT2D eigenvalue weighted by atomic mass is 10.2. The molecule has 0 fully saturated rings. The Kier molecular flexibility index (Phi) is 9.58. The molecule has 0 unspecified atom stereocenters. The first-order chi connectivity index (χ1) is 12.8. The molecule has 0 aliphatic carbocycles. The standard InChI is InChI=1S/C16H18F3N5O2S.HI/c1-2-20-15(22-9-11-5-3-4-6-12(11)24(25)26)21-8-7-14-23-13(10-27-14)16(17,18)19;/h3-6,10H,2,7-9H2,1H3,(H2,20,21,22);1H. The summed E-state index contributed by atoms with van der Waals surface area (Å²) >= 11 is 0.950. The van der Waals surface area contributed by atoms with Gasteiger partial charge < -0.3 is 10.6 Å². The molecule has 0 aliphatic heterocycles. The van der Waals surface area contributed by atoms with Crippen molar-refractivity contribution in [1.82, 2.24) is 15.6 Å². The molecule has 0 atom stereocenters. The van der Waals surface area contributed by atoms with Gasteiger partial charge in [-0.15, -0.1) is 35.3 Å². The van der Waals surface area contributed by atoms with Gasteiger partial charge in [-0.25, -0.2) is 9.98 Å². The lowest BCUT2D eigenvalue weighted by Gasteiger charge is -2.10. The fourth-order valence-electron chi connectivity index (χ4n) is 2.17. The molecule has 0 amide bonds. The maximum Gasteiger partial charge on any atom is 0.434 e. The van der Waals surface area contributed by atoms with Crippen molar-refractivity contribution < 1.29 is 18.1 Å². The number of thiazole rings is 1. The number of para-hydroxylation sites is 1. The summed E-state index contributed by atoms with van der Waals surface area (Å²) in [5, 5.41) is 18.4. The molecule has 28 heavy (non-hydrogen) atoms. The molecule has 0 saturated carbocycles. The third-order valence-electron chi connectivity index (χ3n) is 3.41. The van der Waals surface area contributed by atoms with Crippen LogP contribution in [0, 0.1) is 10.1 Å². The van der Waals surface area contributed by atoms with Gasteiger partial charge in [-0.3, -0.25) is 10.1 Å². The van der Waals surface area contributed by atoms with Crippen LogP contribution in [0.3, 0.4) is 0 Å². The molecule has 2 aromatic rings. The van der Waals surface area contributed by atoms with E-state index in [9.17, 15) is 23.3 Å². The van der Waals surface area contributed by atoms with E-state index in [1.807, 2.05) is 6.92 Å². The second-order valence-electron chi connectivity index (χ2n) is 5.38. The highest BCUT2D eigenvalue weighted by atomic mass is 127. The van der Waals surface area contributed by atoms with E-state index in [4.69, 9.17) is 0 Å². The fourth-order valence-corrected chi connectivity index (χ4v) is 2.98. The zero-order chi connectivity index (χ0) is 19.9. The van der Waals surface area contributed by atoms with Gasteiger partial charge >= 0.3 is 6.18 Å². The van der Waals surface area contributed by atoms with E-state index in [1.54, 1.807) is 18.2 Å². The monoisotopic (exact) mass is 529 g/mol. The van der Waals surface area contributed by atoms with Crippen LogP contribution in [0.5, 0.6) is 0 Å². The van der Waals surface area contributed by atoms with Crippen molar-refractivity contribution in [2.24, 2.45) is 4.99 Å². The van der Waals surface area contributed by atoms with Gasteiger partial charge in [0.2, 0.25) is 0 Å². The van der Waals surface area contributed by atoms with E-state index < -0.39 is 16.8 Å². The maximum atomic E-state index is 12.6. The molecule has 0 bridgehead atoms. The van der Waals surface area contributed by atoms with Crippen molar-refractivity contribution in [3.05, 3.63) is 56.0 Å². The van der Waals surface area contributed by atoms with Gasteiger partial charge in [0.1, 0.15) is 0 Å². The molecule has 7 nitrogen and oxygen atoms in total. The molecule has 0 radical (unpaired) electrons. The minimum Gasteiger partial charge on any atom is -0.357 e. The van der Waals surface area contributed by atoms with Crippen LogP contribution in [0.2, 0.25) is 0 Å². The molecular formula is C16H19F3IN5O2S. The van der Waals surface area contributed by atoms with Crippen LogP contribution in [0.1, 0.15) is 23.2 Å². The van der Waals surface area contributed by atoms with Crippen LogP contribution in [0.4, 0.5) is 18.9 Å². The van der Waals surface area contributed by atoms with Crippen LogP contribution >= 0.6 is 35.3 Å². The molecule has 0 spiro atoms. The molecule has 2 rings (SSSR count). The fraction of sp³-hybridized carbons (Fsp3) is 0.375. The number of nitrogens with one attached hydrogen (secondary N) is 2. The quantitative estimate of drug-likeness (QED) is 0.186. The molecule has 1 aromatic carbocycles. The summed E-state index contributed by atoms with van der Waals surface area (Å²) in [5.74, 6) is 0.420.